The van der Waals surface area contributed by atoms with Crippen LogP contribution in [0.25, 0.3) is 0 Å². The molecule has 34 heavy (non-hydrogen) atoms. The van der Waals surface area contributed by atoms with Crippen LogP contribution >= 0.6 is 7.37 Å². The third-order valence-corrected chi connectivity index (χ3v) is 9.24. The summed E-state index contributed by atoms with van der Waals surface area (Å²) in [4.78, 5) is 21.8. The molecular weight excluding hydrogens is 445 g/mol. The van der Waals surface area contributed by atoms with Gasteiger partial charge in [0.15, 0.2) is 0 Å². The highest BCUT2D eigenvalue weighted by atomic mass is 31.2. The second kappa shape index (κ2) is 11.6. The molecule has 180 valence electrons. The first-order valence-corrected chi connectivity index (χ1v) is 13.5. The number of nitrogens with two attached hydrogens (primary N) is 1. The summed E-state index contributed by atoms with van der Waals surface area (Å²) < 4.78 is 13.3. The summed E-state index contributed by atoms with van der Waals surface area (Å²) in [5, 5.41) is 8.94. The summed E-state index contributed by atoms with van der Waals surface area (Å²) in [6.07, 6.45) is 1.58. The second-order valence-corrected chi connectivity index (χ2v) is 11.7. The van der Waals surface area contributed by atoms with Crippen LogP contribution in [-0.4, -0.2) is 21.8 Å². The predicted octanol–water partition coefficient (Wildman–Crippen LogP) is 6.10. The number of hydrogen-bond acceptors (Lipinski definition) is 3. The summed E-state index contributed by atoms with van der Waals surface area (Å²) in [7, 11) is -3.86. The number of aryl methyl sites for hydroxylation is 2. The fraction of sp³-hybridized carbons (Fsp3) is 0.321. The van der Waals surface area contributed by atoms with E-state index >= 15 is 0 Å². The zero-order valence-corrected chi connectivity index (χ0v) is 20.7. The van der Waals surface area contributed by atoms with Crippen molar-refractivity contribution in [2.75, 3.05) is 0 Å². The van der Waals surface area contributed by atoms with Crippen molar-refractivity contribution in [3.05, 3.63) is 107 Å². The molecule has 0 fully saturated rings. The van der Waals surface area contributed by atoms with Gasteiger partial charge in [0.1, 0.15) is 0 Å². The van der Waals surface area contributed by atoms with Crippen LogP contribution in [0.4, 0.5) is 0 Å². The quantitative estimate of drug-likeness (QED) is 0.288. The maximum atomic E-state index is 13.3. The Morgan fingerprint density at radius 3 is 2.06 bits per heavy atom. The number of rotatable bonds is 11. The van der Waals surface area contributed by atoms with Gasteiger partial charge in [-0.3, -0.25) is 9.36 Å². The summed E-state index contributed by atoms with van der Waals surface area (Å²) in [5.74, 6) is -2.09. The highest BCUT2D eigenvalue weighted by molar-refractivity contribution is 7.59. The number of benzene rings is 3. The van der Waals surface area contributed by atoms with Gasteiger partial charge in [-0.1, -0.05) is 85.8 Å². The van der Waals surface area contributed by atoms with Crippen molar-refractivity contribution in [3.63, 3.8) is 0 Å². The van der Waals surface area contributed by atoms with Crippen molar-refractivity contribution in [3.8, 4) is 0 Å². The first-order chi connectivity index (χ1) is 16.2. The van der Waals surface area contributed by atoms with Gasteiger partial charge in [0.05, 0.1) is 11.4 Å². The molecule has 0 bridgehead atoms. The molecule has 6 heteroatoms. The van der Waals surface area contributed by atoms with Gasteiger partial charge in [0.2, 0.25) is 7.37 Å². The topological polar surface area (TPSA) is 101 Å². The third kappa shape index (κ3) is 6.24. The van der Waals surface area contributed by atoms with Crippen LogP contribution in [0.2, 0.25) is 0 Å². The molecule has 0 radical (unpaired) electrons. The summed E-state index contributed by atoms with van der Waals surface area (Å²) in [5.41, 5.74) is 10.8. The first-order valence-electron chi connectivity index (χ1n) is 11.7. The van der Waals surface area contributed by atoms with Crippen LogP contribution in [0.5, 0.6) is 0 Å². The van der Waals surface area contributed by atoms with Crippen molar-refractivity contribution in [2.24, 2.45) is 5.73 Å². The molecule has 5 nitrogen and oxygen atoms in total. The first kappa shape index (κ1) is 25.9. The molecule has 4 N–H and O–H groups in total. The van der Waals surface area contributed by atoms with E-state index in [2.05, 4.69) is 49.4 Å². The van der Waals surface area contributed by atoms with Gasteiger partial charge in [0.25, 0.3) is 0 Å². The van der Waals surface area contributed by atoms with Gasteiger partial charge >= 0.3 is 5.97 Å². The Hall–Kier alpha value is -2.72. The molecule has 0 spiro atoms. The van der Waals surface area contributed by atoms with Gasteiger partial charge in [0, 0.05) is 12.3 Å². The Balaban J connectivity index is 1.88. The molecule has 0 saturated heterocycles. The fourth-order valence-electron chi connectivity index (χ4n) is 4.50. The number of hydrogen-bond donors (Lipinski definition) is 3. The number of carboxylic acid groups (broad SMARTS) is 1. The van der Waals surface area contributed by atoms with Gasteiger partial charge in [-0.2, -0.15) is 0 Å². The normalized spacial score (nSPS) is 15.8. The van der Waals surface area contributed by atoms with E-state index in [9.17, 15) is 14.3 Å². The molecule has 3 aromatic rings. The molecule has 0 aliphatic carbocycles. The van der Waals surface area contributed by atoms with E-state index < -0.39 is 24.8 Å². The zero-order valence-electron chi connectivity index (χ0n) is 19.8. The molecule has 4 unspecified atom stereocenters. The van der Waals surface area contributed by atoms with E-state index in [-0.39, 0.29) is 18.8 Å². The SMILES string of the molecule is CC(c1ccccc1CCc1ccccc1)c1ccccc1C(C)P(=O)(O)C(N)CCC(=O)O. The lowest BCUT2D eigenvalue weighted by molar-refractivity contribution is -0.137. The monoisotopic (exact) mass is 479 g/mol. The van der Waals surface area contributed by atoms with Crippen LogP contribution in [0.1, 0.15) is 66.1 Å². The van der Waals surface area contributed by atoms with E-state index in [1.54, 1.807) is 6.92 Å². The Morgan fingerprint density at radius 1 is 0.853 bits per heavy atom. The number of aliphatic carboxylic acids is 1. The maximum absolute atomic E-state index is 13.3. The summed E-state index contributed by atoms with van der Waals surface area (Å²) in [6, 6.07) is 26.5. The molecular formula is C28H34NO4P. The fourth-order valence-corrected chi connectivity index (χ4v) is 6.21. The lowest BCUT2D eigenvalue weighted by Gasteiger charge is -2.28. The van der Waals surface area contributed by atoms with Gasteiger partial charge in [-0.25, -0.2) is 0 Å². The Kier molecular flexibility index (Phi) is 8.84. The lowest BCUT2D eigenvalue weighted by Crippen LogP contribution is -2.24. The van der Waals surface area contributed by atoms with Gasteiger partial charge in [-0.15, -0.1) is 0 Å². The van der Waals surface area contributed by atoms with Crippen LogP contribution in [0, 0.1) is 0 Å². The highest BCUT2D eigenvalue weighted by Crippen LogP contribution is 2.59. The maximum Gasteiger partial charge on any atom is 0.303 e. The third-order valence-electron chi connectivity index (χ3n) is 6.64. The Labute approximate surface area is 202 Å². The minimum absolute atomic E-state index is 0.0147. The standard InChI is InChI=1S/C28H34NO4P/c1-20(24-13-7-6-12-23(24)17-16-22-10-4-3-5-11-22)25-14-8-9-15-26(25)21(2)34(32,33)27(29)18-19-28(30)31/h3-15,20-21,27H,16-19,29H2,1-2H3,(H,30,31)(H,32,33). The summed E-state index contributed by atoms with van der Waals surface area (Å²) >= 11 is 0. The van der Waals surface area contributed by atoms with Gasteiger partial charge < -0.3 is 15.7 Å². The van der Waals surface area contributed by atoms with E-state index in [1.807, 2.05) is 36.4 Å². The number of carbonyl (C=O) groups is 1. The Bertz CT molecular complexity index is 1150. The molecule has 4 atom stereocenters. The van der Waals surface area contributed by atoms with Crippen molar-refractivity contribution in [1.29, 1.82) is 0 Å². The Morgan fingerprint density at radius 2 is 1.41 bits per heavy atom. The van der Waals surface area contributed by atoms with Crippen molar-refractivity contribution in [2.45, 2.75) is 56.9 Å². The van der Waals surface area contributed by atoms with Crippen LogP contribution in [0.3, 0.4) is 0 Å². The van der Waals surface area contributed by atoms with Gasteiger partial charge in [-0.05, 0) is 54.0 Å². The molecule has 0 amide bonds. The van der Waals surface area contributed by atoms with Crippen LogP contribution < -0.4 is 5.73 Å². The minimum atomic E-state index is -3.86. The number of carboxylic acids is 1. The highest BCUT2D eigenvalue weighted by Gasteiger charge is 2.36. The molecule has 3 aromatic carbocycles. The average Bonchev–Trinajstić information content (AvgIpc) is 2.85. The molecule has 0 heterocycles. The molecule has 0 aliphatic heterocycles. The van der Waals surface area contributed by atoms with E-state index in [1.165, 1.54) is 16.7 Å². The van der Waals surface area contributed by atoms with Crippen LogP contribution in [0.15, 0.2) is 78.9 Å². The van der Waals surface area contributed by atoms with Crippen molar-refractivity contribution < 1.29 is 19.4 Å². The van der Waals surface area contributed by atoms with E-state index in [0.717, 1.165) is 24.0 Å². The molecule has 0 saturated carbocycles. The average molecular weight is 480 g/mol. The smallest absolute Gasteiger partial charge is 0.303 e. The van der Waals surface area contributed by atoms with E-state index in [0.29, 0.717) is 0 Å². The zero-order chi connectivity index (χ0) is 24.7. The van der Waals surface area contributed by atoms with Crippen molar-refractivity contribution in [1.82, 2.24) is 0 Å². The predicted molar refractivity (Wildman–Crippen MR) is 137 cm³/mol. The minimum Gasteiger partial charge on any atom is -0.481 e. The molecule has 0 aromatic heterocycles. The molecule has 3 rings (SSSR count). The summed E-state index contributed by atoms with van der Waals surface area (Å²) in [6.45, 7) is 3.84. The van der Waals surface area contributed by atoms with E-state index in [4.69, 9.17) is 10.8 Å². The lowest BCUT2D eigenvalue weighted by atomic mass is 9.85. The second-order valence-electron chi connectivity index (χ2n) is 8.88. The largest absolute Gasteiger partial charge is 0.481 e. The van der Waals surface area contributed by atoms with Crippen molar-refractivity contribution >= 4 is 13.3 Å². The van der Waals surface area contributed by atoms with Crippen LogP contribution in [-0.2, 0) is 22.2 Å². The molecule has 0 aliphatic rings.